The van der Waals surface area contributed by atoms with E-state index in [1.54, 1.807) is 23.1 Å². The van der Waals surface area contributed by atoms with Crippen LogP contribution in [-0.4, -0.2) is 69.1 Å². The van der Waals surface area contributed by atoms with Crippen molar-refractivity contribution < 1.29 is 18.0 Å². The molecule has 2 N–H and O–H groups in total. The minimum atomic E-state index is -3.62. The van der Waals surface area contributed by atoms with E-state index in [0.29, 0.717) is 38.3 Å². The summed E-state index contributed by atoms with van der Waals surface area (Å²) in [5.41, 5.74) is 3.37. The normalized spacial score (nSPS) is 20.9. The second kappa shape index (κ2) is 9.25. The molecule has 0 radical (unpaired) electrons. The van der Waals surface area contributed by atoms with E-state index < -0.39 is 10.0 Å². The Morgan fingerprint density at radius 1 is 1.15 bits per heavy atom. The van der Waals surface area contributed by atoms with Crippen molar-refractivity contribution in [2.45, 2.75) is 26.7 Å². The quantitative estimate of drug-likeness (QED) is 0.669. The summed E-state index contributed by atoms with van der Waals surface area (Å²) in [5.74, 6) is 0.290. The Hall–Kier alpha value is -3.14. The zero-order valence-electron chi connectivity index (χ0n) is 20.0. The van der Waals surface area contributed by atoms with Crippen LogP contribution in [0.1, 0.15) is 39.9 Å². The first-order chi connectivity index (χ1) is 16.0. The molecule has 1 aromatic carbocycles. The van der Waals surface area contributed by atoms with Gasteiger partial charge in [-0.05, 0) is 48.6 Å². The number of nitrogens with one attached hydrogen (secondary N) is 2. The maximum absolute atomic E-state index is 13.4. The fraction of sp³-hybridized carbons (Fsp3) is 0.458. The van der Waals surface area contributed by atoms with E-state index in [-0.39, 0.29) is 34.9 Å². The second-order valence-corrected chi connectivity index (χ2v) is 11.1. The van der Waals surface area contributed by atoms with E-state index in [4.69, 9.17) is 0 Å². The van der Waals surface area contributed by atoms with Gasteiger partial charge in [0, 0.05) is 38.9 Å². The number of aromatic nitrogens is 1. The number of hydrogen-bond donors (Lipinski definition) is 2. The van der Waals surface area contributed by atoms with Crippen molar-refractivity contribution in [1.29, 1.82) is 0 Å². The summed E-state index contributed by atoms with van der Waals surface area (Å²) in [5, 5.41) is 2.84. The van der Waals surface area contributed by atoms with Crippen molar-refractivity contribution in [3.63, 3.8) is 0 Å². The molecule has 1 unspecified atom stereocenters. The lowest BCUT2D eigenvalue weighted by atomic mass is 9.88. The molecule has 3 heterocycles. The number of aryl methyl sites for hydroxylation is 2. The number of nitrogens with zero attached hydrogens (tertiary/aromatic N) is 3. The Bertz CT molecular complexity index is 1220. The van der Waals surface area contributed by atoms with E-state index >= 15 is 0 Å². The van der Waals surface area contributed by atoms with Crippen LogP contribution in [0.25, 0.3) is 0 Å². The average Bonchev–Trinajstić information content (AvgIpc) is 3.10. The molecule has 0 bridgehead atoms. The average molecular weight is 486 g/mol. The van der Waals surface area contributed by atoms with Gasteiger partial charge in [0.2, 0.25) is 15.9 Å². The molecule has 0 aliphatic carbocycles. The third-order valence-corrected chi connectivity index (χ3v) is 7.02. The van der Waals surface area contributed by atoms with Crippen LogP contribution in [0.4, 0.5) is 11.5 Å². The Labute approximate surface area is 200 Å². The zero-order valence-corrected chi connectivity index (χ0v) is 20.8. The Balaban J connectivity index is 1.56. The maximum atomic E-state index is 13.4. The summed E-state index contributed by atoms with van der Waals surface area (Å²) in [7, 11) is -3.62. The van der Waals surface area contributed by atoms with Gasteiger partial charge >= 0.3 is 0 Å². The molecule has 0 spiro atoms. The van der Waals surface area contributed by atoms with Crippen LogP contribution in [0.3, 0.4) is 0 Å². The molecule has 10 heteroatoms. The fourth-order valence-electron chi connectivity index (χ4n) is 4.78. The molecule has 2 fully saturated rings. The molecule has 4 rings (SSSR count). The van der Waals surface area contributed by atoms with E-state index in [1.165, 1.54) is 0 Å². The highest BCUT2D eigenvalue weighted by Crippen LogP contribution is 2.32. The Morgan fingerprint density at radius 2 is 1.85 bits per heavy atom. The second-order valence-electron chi connectivity index (χ2n) is 9.31. The number of sulfonamides is 1. The van der Waals surface area contributed by atoms with Gasteiger partial charge in [0.25, 0.3) is 5.91 Å². The minimum absolute atomic E-state index is 0.0760. The molecular weight excluding hydrogens is 454 g/mol. The number of amides is 2. The van der Waals surface area contributed by atoms with Crippen molar-refractivity contribution in [3.8, 4) is 0 Å². The number of piperazine rings is 1. The van der Waals surface area contributed by atoms with Gasteiger partial charge in [0.05, 0.1) is 23.4 Å². The number of carbonyl (C=O) groups excluding carboxylic acids is 2. The van der Waals surface area contributed by atoms with E-state index in [2.05, 4.69) is 26.0 Å². The van der Waals surface area contributed by atoms with Crippen molar-refractivity contribution in [2.24, 2.45) is 5.92 Å². The Morgan fingerprint density at radius 3 is 2.44 bits per heavy atom. The summed E-state index contributed by atoms with van der Waals surface area (Å²) >= 11 is 0. The predicted octanol–water partition coefficient (Wildman–Crippen LogP) is 1.88. The fourth-order valence-corrected chi connectivity index (χ4v) is 5.35. The van der Waals surface area contributed by atoms with Crippen LogP contribution >= 0.6 is 0 Å². The molecule has 2 saturated heterocycles. The molecular formula is C24H31N5O4S. The topological polar surface area (TPSA) is 112 Å². The molecule has 0 saturated carbocycles. The summed E-state index contributed by atoms with van der Waals surface area (Å²) < 4.78 is 26.6. The van der Waals surface area contributed by atoms with Crippen LogP contribution in [0, 0.1) is 19.8 Å². The van der Waals surface area contributed by atoms with Crippen LogP contribution in [-0.2, 0) is 14.8 Å². The maximum Gasteiger partial charge on any atom is 0.256 e. The number of carbonyl (C=O) groups is 2. The highest BCUT2D eigenvalue weighted by Gasteiger charge is 2.34. The Kier molecular flexibility index (Phi) is 6.53. The molecule has 2 amide bonds. The van der Waals surface area contributed by atoms with Crippen LogP contribution in [0.5, 0.6) is 0 Å². The molecule has 9 nitrogen and oxygen atoms in total. The monoisotopic (exact) mass is 485 g/mol. The van der Waals surface area contributed by atoms with E-state index in [0.717, 1.165) is 23.2 Å². The summed E-state index contributed by atoms with van der Waals surface area (Å²) in [6, 6.07) is 7.09. The number of anilines is 2. The summed E-state index contributed by atoms with van der Waals surface area (Å²) in [4.78, 5) is 34.2. The molecule has 2 aliphatic rings. The number of rotatable bonds is 5. The van der Waals surface area contributed by atoms with Gasteiger partial charge in [0.15, 0.2) is 0 Å². The first kappa shape index (κ1) is 24.0. The first-order valence-corrected chi connectivity index (χ1v) is 13.3. The van der Waals surface area contributed by atoms with Gasteiger partial charge in [-0.15, -0.1) is 0 Å². The molecule has 2 aromatic rings. The standard InChI is InChI=1S/C24H31N5O4S/c1-15-11-16(2)22(25-13-15)28-7-9-29(10-8-28)24(31)19-6-5-18(12-20(19)27-34(4,32)33)21-17(3)14-26-23(21)30/h5-6,11-13,17,21,27H,7-10,14H2,1-4H3,(H,26,30)/t17?,21-/m1/s1. The summed E-state index contributed by atoms with van der Waals surface area (Å²) in [6.45, 7) is 8.83. The number of benzene rings is 1. The molecule has 2 atom stereocenters. The van der Waals surface area contributed by atoms with Gasteiger partial charge in [0.1, 0.15) is 5.82 Å². The highest BCUT2D eigenvalue weighted by atomic mass is 32.2. The van der Waals surface area contributed by atoms with E-state index in [9.17, 15) is 18.0 Å². The van der Waals surface area contributed by atoms with Gasteiger partial charge in [-0.1, -0.05) is 19.1 Å². The molecule has 34 heavy (non-hydrogen) atoms. The zero-order chi connectivity index (χ0) is 24.6. The number of hydrogen-bond acceptors (Lipinski definition) is 6. The van der Waals surface area contributed by atoms with Crippen LogP contribution < -0.4 is 14.9 Å². The van der Waals surface area contributed by atoms with Crippen molar-refractivity contribution in [2.75, 3.05) is 48.6 Å². The third-order valence-electron chi connectivity index (χ3n) is 6.43. The van der Waals surface area contributed by atoms with Crippen molar-refractivity contribution in [3.05, 3.63) is 52.7 Å². The smallest absolute Gasteiger partial charge is 0.256 e. The predicted molar refractivity (Wildman–Crippen MR) is 132 cm³/mol. The lowest BCUT2D eigenvalue weighted by Gasteiger charge is -2.36. The first-order valence-electron chi connectivity index (χ1n) is 11.4. The molecule has 2 aliphatic heterocycles. The SMILES string of the molecule is Cc1cnc(N2CCN(C(=O)c3ccc([C@@H]4C(=O)NCC4C)cc3NS(C)(=O)=O)CC2)c(C)c1. The van der Waals surface area contributed by atoms with Crippen molar-refractivity contribution in [1.82, 2.24) is 15.2 Å². The highest BCUT2D eigenvalue weighted by molar-refractivity contribution is 7.92. The largest absolute Gasteiger partial charge is 0.355 e. The number of pyridine rings is 1. The van der Waals surface area contributed by atoms with Gasteiger partial charge in [-0.3, -0.25) is 14.3 Å². The van der Waals surface area contributed by atoms with Gasteiger partial charge in [-0.25, -0.2) is 13.4 Å². The van der Waals surface area contributed by atoms with Crippen LogP contribution in [0.15, 0.2) is 30.5 Å². The van der Waals surface area contributed by atoms with Crippen LogP contribution in [0.2, 0.25) is 0 Å². The van der Waals surface area contributed by atoms with E-state index in [1.807, 2.05) is 27.0 Å². The van der Waals surface area contributed by atoms with Gasteiger partial charge in [-0.2, -0.15) is 0 Å². The lowest BCUT2D eigenvalue weighted by Crippen LogP contribution is -2.49. The van der Waals surface area contributed by atoms with Crippen molar-refractivity contribution >= 4 is 33.3 Å². The minimum Gasteiger partial charge on any atom is -0.355 e. The third kappa shape index (κ3) is 5.01. The lowest BCUT2D eigenvalue weighted by molar-refractivity contribution is -0.120. The summed E-state index contributed by atoms with van der Waals surface area (Å²) in [6.07, 6.45) is 2.89. The van der Waals surface area contributed by atoms with Gasteiger partial charge < -0.3 is 15.1 Å². The molecule has 182 valence electrons. The molecule has 1 aromatic heterocycles.